The highest BCUT2D eigenvalue weighted by atomic mass is 16.5. The Morgan fingerprint density at radius 2 is 1.77 bits per heavy atom. The Morgan fingerprint density at radius 3 is 2.53 bits per heavy atom. The first-order chi connectivity index (χ1) is 14.5. The van der Waals surface area contributed by atoms with Crippen molar-refractivity contribution in [2.24, 2.45) is 5.10 Å². The highest BCUT2D eigenvalue weighted by Crippen LogP contribution is 2.23. The van der Waals surface area contributed by atoms with Crippen molar-refractivity contribution in [1.82, 2.24) is 10.4 Å². The van der Waals surface area contributed by atoms with Crippen LogP contribution in [0.25, 0.3) is 6.08 Å². The molecule has 0 radical (unpaired) electrons. The number of pyridine rings is 1. The quantitative estimate of drug-likeness (QED) is 0.191. The molecule has 0 aliphatic heterocycles. The third-order valence-electron chi connectivity index (χ3n) is 3.85. The van der Waals surface area contributed by atoms with Crippen LogP contribution in [0.3, 0.4) is 0 Å². The number of hydrazone groups is 1. The van der Waals surface area contributed by atoms with Crippen LogP contribution < -0.4 is 10.2 Å². The Kier molecular flexibility index (Phi) is 6.52. The van der Waals surface area contributed by atoms with Crippen molar-refractivity contribution in [3.63, 3.8) is 0 Å². The van der Waals surface area contributed by atoms with Gasteiger partial charge in [0.05, 0.1) is 6.21 Å². The van der Waals surface area contributed by atoms with Crippen molar-refractivity contribution in [2.75, 3.05) is 0 Å². The molecule has 1 aromatic heterocycles. The first kappa shape index (κ1) is 20.3. The standard InChI is InChI=1S/C22H17N3O5/c26-18-7-5-15(19(27)13-18)6-8-21(28)30-20-4-2-1-3-17(20)14-24-25-22(29)16-9-11-23-12-10-16/h1-14,26-27H,(H,25,29)/b8-6+,24-14?. The average Bonchev–Trinajstić information content (AvgIpc) is 2.75. The predicted octanol–water partition coefficient (Wildman–Crippen LogP) is 2.88. The summed E-state index contributed by atoms with van der Waals surface area (Å²) in [5, 5.41) is 22.9. The zero-order chi connectivity index (χ0) is 21.3. The average molecular weight is 403 g/mol. The molecule has 0 fully saturated rings. The second kappa shape index (κ2) is 9.65. The molecule has 8 heteroatoms. The van der Waals surface area contributed by atoms with Gasteiger partial charge in [0.15, 0.2) is 0 Å². The number of nitrogens with zero attached hydrogens (tertiary/aromatic N) is 2. The number of amides is 1. The lowest BCUT2D eigenvalue weighted by Gasteiger charge is -2.05. The minimum Gasteiger partial charge on any atom is -0.508 e. The van der Waals surface area contributed by atoms with Gasteiger partial charge in [0.25, 0.3) is 5.91 Å². The Labute approximate surface area is 171 Å². The number of aromatic nitrogens is 1. The smallest absolute Gasteiger partial charge is 0.336 e. The number of phenolic OH excluding ortho intramolecular Hbond substituents is 2. The van der Waals surface area contributed by atoms with Gasteiger partial charge in [-0.2, -0.15) is 5.10 Å². The number of carbonyl (C=O) groups is 2. The molecular formula is C22H17N3O5. The summed E-state index contributed by atoms with van der Waals surface area (Å²) in [5.74, 6) is -1.10. The minimum absolute atomic E-state index is 0.0866. The summed E-state index contributed by atoms with van der Waals surface area (Å²) in [6, 6.07) is 13.8. The van der Waals surface area contributed by atoms with Crippen molar-refractivity contribution in [1.29, 1.82) is 0 Å². The third kappa shape index (κ3) is 5.52. The second-order valence-electron chi connectivity index (χ2n) is 5.97. The van der Waals surface area contributed by atoms with E-state index in [-0.39, 0.29) is 17.2 Å². The number of esters is 1. The Morgan fingerprint density at radius 1 is 1.00 bits per heavy atom. The van der Waals surface area contributed by atoms with Crippen molar-refractivity contribution in [2.45, 2.75) is 0 Å². The molecule has 30 heavy (non-hydrogen) atoms. The Bertz CT molecular complexity index is 1110. The Hall–Kier alpha value is -4.46. The van der Waals surface area contributed by atoms with Crippen LogP contribution in [0, 0.1) is 0 Å². The lowest BCUT2D eigenvalue weighted by atomic mass is 10.2. The van der Waals surface area contributed by atoms with Gasteiger partial charge in [0.1, 0.15) is 17.2 Å². The number of phenols is 2. The molecule has 3 N–H and O–H groups in total. The number of hydrogen-bond acceptors (Lipinski definition) is 7. The first-order valence-electron chi connectivity index (χ1n) is 8.77. The molecule has 3 rings (SSSR count). The molecule has 8 nitrogen and oxygen atoms in total. The molecule has 0 spiro atoms. The molecular weight excluding hydrogens is 386 g/mol. The van der Waals surface area contributed by atoms with Crippen LogP contribution in [0.5, 0.6) is 17.2 Å². The predicted molar refractivity (Wildman–Crippen MR) is 110 cm³/mol. The number of hydrogen-bond donors (Lipinski definition) is 3. The molecule has 3 aromatic rings. The maximum absolute atomic E-state index is 12.1. The van der Waals surface area contributed by atoms with Crippen molar-refractivity contribution in [3.8, 4) is 17.2 Å². The monoisotopic (exact) mass is 403 g/mol. The van der Waals surface area contributed by atoms with E-state index in [2.05, 4.69) is 15.5 Å². The van der Waals surface area contributed by atoms with E-state index >= 15 is 0 Å². The Balaban J connectivity index is 1.65. The lowest BCUT2D eigenvalue weighted by molar-refractivity contribution is -0.128. The number of rotatable bonds is 6. The molecule has 1 amide bonds. The first-order valence-corrected chi connectivity index (χ1v) is 8.77. The van der Waals surface area contributed by atoms with Gasteiger partial charge in [-0.25, -0.2) is 10.2 Å². The number of para-hydroxylation sites is 1. The van der Waals surface area contributed by atoms with Gasteiger partial charge >= 0.3 is 5.97 Å². The van der Waals surface area contributed by atoms with Crippen LogP contribution in [0.4, 0.5) is 0 Å². The normalized spacial score (nSPS) is 10.9. The van der Waals surface area contributed by atoms with Crippen molar-refractivity contribution >= 4 is 24.2 Å². The summed E-state index contributed by atoms with van der Waals surface area (Å²) in [7, 11) is 0. The van der Waals surface area contributed by atoms with Crippen LogP contribution in [0.15, 0.2) is 78.2 Å². The van der Waals surface area contributed by atoms with E-state index in [9.17, 15) is 19.8 Å². The molecule has 1 heterocycles. The fourth-order valence-corrected chi connectivity index (χ4v) is 2.38. The fraction of sp³-hybridized carbons (Fsp3) is 0. The van der Waals surface area contributed by atoms with Gasteiger partial charge in [-0.05, 0) is 42.5 Å². The van der Waals surface area contributed by atoms with Crippen LogP contribution in [-0.4, -0.2) is 33.3 Å². The second-order valence-corrected chi connectivity index (χ2v) is 5.97. The van der Waals surface area contributed by atoms with E-state index in [0.29, 0.717) is 16.7 Å². The molecule has 0 unspecified atom stereocenters. The summed E-state index contributed by atoms with van der Waals surface area (Å²) in [5.41, 5.74) is 3.61. The number of aromatic hydroxyl groups is 2. The molecule has 0 bridgehead atoms. The minimum atomic E-state index is -0.677. The van der Waals surface area contributed by atoms with Gasteiger partial charge in [0, 0.05) is 41.2 Å². The summed E-state index contributed by atoms with van der Waals surface area (Å²) in [6.45, 7) is 0. The van der Waals surface area contributed by atoms with E-state index in [1.807, 2.05) is 0 Å². The number of carbonyl (C=O) groups excluding carboxylic acids is 2. The van der Waals surface area contributed by atoms with Crippen LogP contribution in [0.2, 0.25) is 0 Å². The summed E-state index contributed by atoms with van der Waals surface area (Å²) in [4.78, 5) is 27.9. The van der Waals surface area contributed by atoms with Gasteiger partial charge in [0.2, 0.25) is 0 Å². The molecule has 0 saturated heterocycles. The van der Waals surface area contributed by atoms with E-state index in [4.69, 9.17) is 4.74 Å². The van der Waals surface area contributed by atoms with E-state index in [0.717, 1.165) is 12.1 Å². The van der Waals surface area contributed by atoms with E-state index in [1.54, 1.807) is 36.4 Å². The van der Waals surface area contributed by atoms with Crippen molar-refractivity contribution < 1.29 is 24.5 Å². The molecule has 0 atom stereocenters. The zero-order valence-electron chi connectivity index (χ0n) is 15.6. The van der Waals surface area contributed by atoms with E-state index < -0.39 is 11.9 Å². The van der Waals surface area contributed by atoms with Gasteiger partial charge in [-0.15, -0.1) is 0 Å². The third-order valence-corrected chi connectivity index (χ3v) is 3.85. The topological polar surface area (TPSA) is 121 Å². The largest absolute Gasteiger partial charge is 0.508 e. The number of ether oxygens (including phenoxy) is 1. The summed E-state index contributed by atoms with van der Waals surface area (Å²) >= 11 is 0. The number of benzene rings is 2. The fourth-order valence-electron chi connectivity index (χ4n) is 2.38. The summed E-state index contributed by atoms with van der Waals surface area (Å²) < 4.78 is 5.30. The van der Waals surface area contributed by atoms with Crippen LogP contribution in [0.1, 0.15) is 21.5 Å². The molecule has 0 aliphatic carbocycles. The highest BCUT2D eigenvalue weighted by Gasteiger charge is 2.07. The molecule has 2 aromatic carbocycles. The maximum atomic E-state index is 12.1. The lowest BCUT2D eigenvalue weighted by Crippen LogP contribution is -2.17. The van der Waals surface area contributed by atoms with Gasteiger partial charge in [-0.1, -0.05) is 12.1 Å². The van der Waals surface area contributed by atoms with Crippen molar-refractivity contribution in [3.05, 3.63) is 89.8 Å². The zero-order valence-corrected chi connectivity index (χ0v) is 15.6. The molecule has 0 saturated carbocycles. The van der Waals surface area contributed by atoms with Crippen LogP contribution in [-0.2, 0) is 4.79 Å². The maximum Gasteiger partial charge on any atom is 0.336 e. The van der Waals surface area contributed by atoms with Gasteiger partial charge < -0.3 is 14.9 Å². The van der Waals surface area contributed by atoms with Crippen LogP contribution >= 0.6 is 0 Å². The molecule has 150 valence electrons. The molecule has 0 aliphatic rings. The highest BCUT2D eigenvalue weighted by molar-refractivity contribution is 5.95. The van der Waals surface area contributed by atoms with Gasteiger partial charge in [-0.3, -0.25) is 9.78 Å². The van der Waals surface area contributed by atoms with E-state index in [1.165, 1.54) is 36.8 Å². The number of nitrogens with one attached hydrogen (secondary N) is 1. The summed E-state index contributed by atoms with van der Waals surface area (Å²) in [6.07, 6.45) is 6.86. The SMILES string of the molecule is O=C(/C=C/c1ccc(O)cc1O)Oc1ccccc1C=NNC(=O)c1ccncc1.